The van der Waals surface area contributed by atoms with E-state index in [1.807, 2.05) is 30.3 Å². The molecule has 146 valence electrons. The molecule has 0 aliphatic heterocycles. The van der Waals surface area contributed by atoms with Crippen LogP contribution in [0.5, 0.6) is 5.75 Å². The van der Waals surface area contributed by atoms with E-state index < -0.39 is 0 Å². The van der Waals surface area contributed by atoms with Crippen LogP contribution in [0, 0.1) is 0 Å². The molecule has 2 heterocycles. The summed E-state index contributed by atoms with van der Waals surface area (Å²) in [5, 5.41) is 20.2. The van der Waals surface area contributed by atoms with Gasteiger partial charge in [0.05, 0.1) is 31.7 Å². The van der Waals surface area contributed by atoms with Crippen molar-refractivity contribution in [3.63, 3.8) is 0 Å². The van der Waals surface area contributed by atoms with Crippen molar-refractivity contribution < 1.29 is 19.7 Å². The Kier molecular flexibility index (Phi) is 5.12. The maximum absolute atomic E-state index is 13.1. The number of aromatic nitrogens is 2. The summed E-state index contributed by atoms with van der Waals surface area (Å²) >= 11 is 0. The molecule has 29 heavy (non-hydrogen) atoms. The second-order valence-electron chi connectivity index (χ2n) is 6.66. The van der Waals surface area contributed by atoms with Crippen LogP contribution in [0.1, 0.15) is 27.0 Å². The van der Waals surface area contributed by atoms with Gasteiger partial charge in [-0.25, -0.2) is 0 Å². The quantitative estimate of drug-likeness (QED) is 0.440. The highest BCUT2D eigenvalue weighted by atomic mass is 16.5. The van der Waals surface area contributed by atoms with E-state index >= 15 is 0 Å². The Labute approximate surface area is 167 Å². The number of aliphatic hydroxyl groups is 2. The van der Waals surface area contributed by atoms with Gasteiger partial charge in [0.15, 0.2) is 5.78 Å². The lowest BCUT2D eigenvalue weighted by atomic mass is 9.97. The molecule has 2 aromatic heterocycles. The molecule has 6 nitrogen and oxygen atoms in total. The molecule has 2 aromatic carbocycles. The number of hydrogen-bond donors (Lipinski definition) is 3. The topological polar surface area (TPSA) is 95.4 Å². The minimum absolute atomic E-state index is 0.220. The molecule has 0 saturated heterocycles. The number of pyridine rings is 1. The fourth-order valence-corrected chi connectivity index (χ4v) is 3.43. The fraction of sp³-hybridized carbons (Fsp3) is 0.130. The maximum atomic E-state index is 13.1. The molecule has 0 bridgehead atoms. The van der Waals surface area contributed by atoms with Crippen molar-refractivity contribution >= 4 is 16.7 Å². The van der Waals surface area contributed by atoms with E-state index in [1.165, 1.54) is 7.11 Å². The number of para-hydroxylation sites is 1. The van der Waals surface area contributed by atoms with Crippen molar-refractivity contribution in [2.45, 2.75) is 13.2 Å². The summed E-state index contributed by atoms with van der Waals surface area (Å²) in [5.74, 6) is 0.148. The third kappa shape index (κ3) is 3.51. The van der Waals surface area contributed by atoms with E-state index in [-0.39, 0.29) is 19.0 Å². The molecular formula is C23H20N2O4. The minimum atomic E-state index is -0.302. The minimum Gasteiger partial charge on any atom is -0.496 e. The third-order valence-electron chi connectivity index (χ3n) is 4.94. The highest BCUT2D eigenvalue weighted by Crippen LogP contribution is 2.28. The molecule has 0 atom stereocenters. The van der Waals surface area contributed by atoms with Crippen molar-refractivity contribution in [1.82, 2.24) is 9.97 Å². The average molecular weight is 388 g/mol. The zero-order chi connectivity index (χ0) is 20.4. The molecule has 3 N–H and O–H groups in total. The lowest BCUT2D eigenvalue weighted by molar-refractivity contribution is 0.103. The van der Waals surface area contributed by atoms with Gasteiger partial charge in [0.2, 0.25) is 0 Å². The first-order valence-electron chi connectivity index (χ1n) is 9.15. The number of H-pyrrole nitrogens is 1. The van der Waals surface area contributed by atoms with E-state index in [4.69, 9.17) is 4.74 Å². The Morgan fingerprint density at radius 2 is 1.86 bits per heavy atom. The molecule has 0 aliphatic rings. The number of rotatable bonds is 6. The third-order valence-corrected chi connectivity index (χ3v) is 4.94. The predicted octanol–water partition coefficient (Wildman–Crippen LogP) is 3.45. The van der Waals surface area contributed by atoms with Gasteiger partial charge in [-0.1, -0.05) is 18.2 Å². The predicted molar refractivity (Wildman–Crippen MR) is 110 cm³/mol. The number of ether oxygens (including phenoxy) is 1. The standard InChI is InChI=1S/C23H20N2O4/c1-29-22-11-16(8-17(12-26)18(22)13-27)23(28)15-6-7-24-20(10-15)21-9-14-4-2-3-5-19(14)25-21/h2-11,25-27H,12-13H2,1H3. The first-order valence-corrected chi connectivity index (χ1v) is 9.15. The number of carbonyl (C=O) groups is 1. The van der Waals surface area contributed by atoms with Gasteiger partial charge in [-0.2, -0.15) is 0 Å². The number of fused-ring (bicyclic) bond motifs is 1. The van der Waals surface area contributed by atoms with E-state index in [0.29, 0.717) is 33.7 Å². The van der Waals surface area contributed by atoms with Gasteiger partial charge in [0.1, 0.15) is 5.75 Å². The van der Waals surface area contributed by atoms with Crippen molar-refractivity contribution in [3.05, 3.63) is 83.0 Å². The van der Waals surface area contributed by atoms with Crippen LogP contribution in [0.25, 0.3) is 22.3 Å². The highest BCUT2D eigenvalue weighted by molar-refractivity contribution is 6.09. The number of hydrogen-bond acceptors (Lipinski definition) is 5. The van der Waals surface area contributed by atoms with E-state index in [9.17, 15) is 15.0 Å². The van der Waals surface area contributed by atoms with Crippen LogP contribution in [-0.4, -0.2) is 33.1 Å². The zero-order valence-corrected chi connectivity index (χ0v) is 15.8. The largest absolute Gasteiger partial charge is 0.496 e. The van der Waals surface area contributed by atoms with Crippen molar-refractivity contribution in [1.29, 1.82) is 0 Å². The lowest BCUT2D eigenvalue weighted by Crippen LogP contribution is -2.07. The summed E-state index contributed by atoms with van der Waals surface area (Å²) in [6.45, 7) is -0.586. The molecule has 6 heteroatoms. The van der Waals surface area contributed by atoms with Crippen LogP contribution in [0.4, 0.5) is 0 Å². The Morgan fingerprint density at radius 3 is 2.59 bits per heavy atom. The van der Waals surface area contributed by atoms with Crippen LogP contribution >= 0.6 is 0 Å². The van der Waals surface area contributed by atoms with Gasteiger partial charge >= 0.3 is 0 Å². The number of nitrogens with zero attached hydrogens (tertiary/aromatic N) is 1. The molecule has 0 spiro atoms. The second-order valence-corrected chi connectivity index (χ2v) is 6.66. The Bertz CT molecular complexity index is 1140. The smallest absolute Gasteiger partial charge is 0.193 e. The molecule has 0 unspecified atom stereocenters. The van der Waals surface area contributed by atoms with Gasteiger partial charge in [0, 0.05) is 33.8 Å². The number of benzene rings is 2. The van der Waals surface area contributed by atoms with Crippen LogP contribution < -0.4 is 4.74 Å². The molecule has 0 aliphatic carbocycles. The lowest BCUT2D eigenvalue weighted by Gasteiger charge is -2.13. The van der Waals surface area contributed by atoms with Crippen molar-refractivity contribution in [2.24, 2.45) is 0 Å². The van der Waals surface area contributed by atoms with E-state index in [0.717, 1.165) is 16.6 Å². The summed E-state index contributed by atoms with van der Waals surface area (Å²) in [6, 6.07) is 16.5. The first kappa shape index (κ1) is 18.9. The zero-order valence-electron chi connectivity index (χ0n) is 15.8. The molecule has 4 rings (SSSR count). The van der Waals surface area contributed by atoms with Gasteiger partial charge in [-0.15, -0.1) is 0 Å². The van der Waals surface area contributed by atoms with E-state index in [1.54, 1.807) is 30.5 Å². The molecule has 0 amide bonds. The SMILES string of the molecule is COc1cc(C(=O)c2ccnc(-c3cc4ccccc4[nH]3)c2)cc(CO)c1CO. The number of carbonyl (C=O) groups excluding carboxylic acids is 1. The van der Waals surface area contributed by atoms with Gasteiger partial charge in [0.25, 0.3) is 0 Å². The monoisotopic (exact) mass is 388 g/mol. The van der Waals surface area contributed by atoms with Crippen molar-refractivity contribution in [3.8, 4) is 17.1 Å². The summed E-state index contributed by atoms with van der Waals surface area (Å²) in [6.07, 6.45) is 1.60. The first-order chi connectivity index (χ1) is 14.1. The molecule has 0 saturated carbocycles. The fourth-order valence-electron chi connectivity index (χ4n) is 3.43. The summed E-state index contributed by atoms with van der Waals surface area (Å²) in [7, 11) is 1.46. The normalized spacial score (nSPS) is 11.0. The van der Waals surface area contributed by atoms with Gasteiger partial charge in [-0.3, -0.25) is 9.78 Å². The molecular weight excluding hydrogens is 368 g/mol. The Balaban J connectivity index is 1.74. The number of ketones is 1. The highest BCUT2D eigenvalue weighted by Gasteiger charge is 2.17. The van der Waals surface area contributed by atoms with Crippen LogP contribution in [0.15, 0.2) is 60.8 Å². The second kappa shape index (κ2) is 7.87. The molecule has 4 aromatic rings. The number of methoxy groups -OCH3 is 1. The Hall–Kier alpha value is -3.48. The number of aromatic amines is 1. The number of nitrogens with one attached hydrogen (secondary N) is 1. The van der Waals surface area contributed by atoms with Crippen LogP contribution in [0.2, 0.25) is 0 Å². The molecule has 0 fully saturated rings. The van der Waals surface area contributed by atoms with E-state index in [2.05, 4.69) is 9.97 Å². The molecule has 0 radical (unpaired) electrons. The van der Waals surface area contributed by atoms with Gasteiger partial charge < -0.3 is 19.9 Å². The van der Waals surface area contributed by atoms with Gasteiger partial charge in [-0.05, 0) is 42.0 Å². The summed E-state index contributed by atoms with van der Waals surface area (Å²) in [4.78, 5) is 20.8. The Morgan fingerprint density at radius 1 is 1.03 bits per heavy atom. The average Bonchev–Trinajstić information content (AvgIpc) is 3.22. The number of aliphatic hydroxyl groups excluding tert-OH is 2. The van der Waals surface area contributed by atoms with Crippen LogP contribution in [-0.2, 0) is 13.2 Å². The van der Waals surface area contributed by atoms with Crippen molar-refractivity contribution in [2.75, 3.05) is 7.11 Å². The summed E-state index contributed by atoms with van der Waals surface area (Å²) < 4.78 is 5.29. The maximum Gasteiger partial charge on any atom is 0.193 e. The summed E-state index contributed by atoms with van der Waals surface area (Å²) in [5.41, 5.74) is 4.25. The van der Waals surface area contributed by atoms with Crippen LogP contribution in [0.3, 0.4) is 0 Å².